The first kappa shape index (κ1) is 23.1. The van der Waals surface area contributed by atoms with Gasteiger partial charge in [0.1, 0.15) is 6.54 Å². The number of ether oxygens (including phenoxy) is 3. The van der Waals surface area contributed by atoms with Crippen molar-refractivity contribution in [2.45, 2.75) is 13.8 Å². The zero-order valence-electron chi connectivity index (χ0n) is 15.5. The van der Waals surface area contributed by atoms with E-state index in [2.05, 4.69) is 0 Å². The molecule has 0 atom stereocenters. The van der Waals surface area contributed by atoms with Crippen molar-refractivity contribution in [2.24, 2.45) is 0 Å². The summed E-state index contributed by atoms with van der Waals surface area (Å²) in [6.45, 7) is 2.83. The number of hydrogen-bond donors (Lipinski definition) is 0. The maximum atomic E-state index is 12.4. The van der Waals surface area contributed by atoms with E-state index in [0.717, 1.165) is 4.90 Å². The van der Waals surface area contributed by atoms with E-state index in [-0.39, 0.29) is 40.5 Å². The van der Waals surface area contributed by atoms with Gasteiger partial charge in [-0.05, 0) is 49.4 Å². The fraction of sp³-hybridized carbons (Fsp3) is 0.333. The third-order valence-corrected chi connectivity index (χ3v) is 4.89. The number of amides is 2. The van der Waals surface area contributed by atoms with Gasteiger partial charge >= 0.3 is 11.9 Å². The lowest BCUT2D eigenvalue weighted by Crippen LogP contribution is -2.34. The number of carbonyl (C=O) groups is 4. The Hall–Kier alpha value is -2.23. The number of esters is 2. The summed E-state index contributed by atoms with van der Waals surface area (Å²) in [6.07, 6.45) is 1.42. The van der Waals surface area contributed by atoms with E-state index >= 15 is 0 Å². The van der Waals surface area contributed by atoms with Gasteiger partial charge in [-0.3, -0.25) is 19.3 Å². The Morgan fingerprint density at radius 2 is 1.66 bits per heavy atom. The lowest BCUT2D eigenvalue weighted by Gasteiger charge is -2.11. The zero-order valence-corrected chi connectivity index (χ0v) is 17.9. The molecule has 0 spiro atoms. The van der Waals surface area contributed by atoms with E-state index in [1.54, 1.807) is 13.8 Å². The van der Waals surface area contributed by atoms with Crippen LogP contribution in [-0.4, -0.2) is 54.4 Å². The second kappa shape index (κ2) is 10.5. The van der Waals surface area contributed by atoms with Crippen molar-refractivity contribution in [1.82, 2.24) is 4.90 Å². The second-order valence-corrected chi connectivity index (χ2v) is 7.29. The summed E-state index contributed by atoms with van der Waals surface area (Å²) in [4.78, 5) is 48.3. The minimum Gasteiger partial charge on any atom is -0.479 e. The molecule has 1 aromatic carbocycles. The van der Waals surface area contributed by atoms with Gasteiger partial charge in [-0.1, -0.05) is 23.2 Å². The van der Waals surface area contributed by atoms with Crippen LogP contribution in [0.4, 0.5) is 4.79 Å². The molecule has 1 fully saturated rings. The largest absolute Gasteiger partial charge is 0.479 e. The standard InChI is InChI=1S/C18H17Cl2NO7S/c1-3-26-14(22)8-21-17(24)13(29-18(21)25)7-10-5-11(19)16(12(20)6-10)28-9-15(23)27-4-2/h5-7H,3-4,8-9H2,1-2H3/b13-7-. The fourth-order valence-electron chi connectivity index (χ4n) is 2.26. The summed E-state index contributed by atoms with van der Waals surface area (Å²) in [5.74, 6) is -1.78. The smallest absolute Gasteiger partial charge is 0.344 e. The van der Waals surface area contributed by atoms with E-state index in [1.807, 2.05) is 0 Å². The highest BCUT2D eigenvalue weighted by atomic mass is 35.5. The predicted octanol–water partition coefficient (Wildman–Crippen LogP) is 3.53. The highest BCUT2D eigenvalue weighted by molar-refractivity contribution is 8.18. The zero-order chi connectivity index (χ0) is 21.6. The van der Waals surface area contributed by atoms with Crippen molar-refractivity contribution in [1.29, 1.82) is 0 Å². The van der Waals surface area contributed by atoms with Crippen LogP contribution >= 0.6 is 35.0 Å². The van der Waals surface area contributed by atoms with Crippen LogP contribution in [-0.2, 0) is 23.9 Å². The van der Waals surface area contributed by atoms with Crippen LogP contribution in [0.5, 0.6) is 5.75 Å². The molecular formula is C18H17Cl2NO7S. The Balaban J connectivity index is 2.16. The van der Waals surface area contributed by atoms with Crippen LogP contribution in [0.3, 0.4) is 0 Å². The van der Waals surface area contributed by atoms with Gasteiger partial charge in [0.15, 0.2) is 12.4 Å². The Morgan fingerprint density at radius 1 is 1.07 bits per heavy atom. The van der Waals surface area contributed by atoms with Gasteiger partial charge < -0.3 is 14.2 Å². The third-order valence-electron chi connectivity index (χ3n) is 3.42. The summed E-state index contributed by atoms with van der Waals surface area (Å²) in [6, 6.07) is 2.93. The molecule has 29 heavy (non-hydrogen) atoms. The minimum absolute atomic E-state index is 0.0916. The maximum absolute atomic E-state index is 12.4. The number of hydrogen-bond acceptors (Lipinski definition) is 8. The minimum atomic E-state index is -0.676. The topological polar surface area (TPSA) is 99.2 Å². The average Bonchev–Trinajstić information content (AvgIpc) is 2.89. The summed E-state index contributed by atoms with van der Waals surface area (Å²) in [5.41, 5.74) is 0.435. The van der Waals surface area contributed by atoms with Gasteiger partial charge in [0.05, 0.1) is 28.2 Å². The number of imide groups is 1. The third kappa shape index (κ3) is 6.12. The van der Waals surface area contributed by atoms with Gasteiger partial charge in [0, 0.05) is 0 Å². The fourth-order valence-corrected chi connectivity index (χ4v) is 3.71. The van der Waals surface area contributed by atoms with Crippen molar-refractivity contribution in [3.63, 3.8) is 0 Å². The van der Waals surface area contributed by atoms with E-state index < -0.39 is 29.6 Å². The molecule has 0 N–H and O–H groups in total. The Kier molecular flexibility index (Phi) is 8.36. The predicted molar refractivity (Wildman–Crippen MR) is 108 cm³/mol. The SMILES string of the molecule is CCOC(=O)COc1c(Cl)cc(/C=C2\SC(=O)N(CC(=O)OCC)C2=O)cc1Cl. The highest BCUT2D eigenvalue weighted by Crippen LogP contribution is 2.37. The lowest BCUT2D eigenvalue weighted by molar-refractivity contribution is -0.146. The van der Waals surface area contributed by atoms with Crippen molar-refractivity contribution in [3.05, 3.63) is 32.6 Å². The normalized spacial score (nSPS) is 15.0. The van der Waals surface area contributed by atoms with Gasteiger partial charge in [0.25, 0.3) is 11.1 Å². The first-order valence-electron chi connectivity index (χ1n) is 8.45. The second-order valence-electron chi connectivity index (χ2n) is 5.48. The van der Waals surface area contributed by atoms with E-state index in [0.29, 0.717) is 17.3 Å². The molecule has 8 nitrogen and oxygen atoms in total. The van der Waals surface area contributed by atoms with E-state index in [1.165, 1.54) is 18.2 Å². The van der Waals surface area contributed by atoms with Crippen LogP contribution in [0.1, 0.15) is 19.4 Å². The molecule has 2 amide bonds. The number of nitrogens with zero attached hydrogens (tertiary/aromatic N) is 1. The molecule has 0 aromatic heterocycles. The molecule has 0 unspecified atom stereocenters. The Bertz CT molecular complexity index is 849. The van der Waals surface area contributed by atoms with Crippen LogP contribution < -0.4 is 4.74 Å². The molecule has 1 heterocycles. The first-order valence-corrected chi connectivity index (χ1v) is 10.0. The van der Waals surface area contributed by atoms with Crippen LogP contribution in [0, 0.1) is 0 Å². The molecule has 1 aromatic rings. The molecule has 2 rings (SSSR count). The van der Waals surface area contributed by atoms with E-state index in [4.69, 9.17) is 37.4 Å². The van der Waals surface area contributed by atoms with Crippen molar-refractivity contribution in [3.8, 4) is 5.75 Å². The molecule has 0 saturated carbocycles. The molecule has 1 aliphatic rings. The van der Waals surface area contributed by atoms with Crippen LogP contribution in [0.2, 0.25) is 10.0 Å². The number of carbonyl (C=O) groups excluding carboxylic acids is 4. The molecule has 0 bridgehead atoms. The molecular weight excluding hydrogens is 445 g/mol. The number of rotatable bonds is 8. The van der Waals surface area contributed by atoms with E-state index in [9.17, 15) is 19.2 Å². The number of benzene rings is 1. The first-order chi connectivity index (χ1) is 13.8. The molecule has 1 aliphatic heterocycles. The summed E-state index contributed by atoms with van der Waals surface area (Å²) in [7, 11) is 0. The summed E-state index contributed by atoms with van der Waals surface area (Å²) in [5, 5.41) is -0.363. The lowest BCUT2D eigenvalue weighted by atomic mass is 10.2. The average molecular weight is 462 g/mol. The Morgan fingerprint density at radius 3 is 2.24 bits per heavy atom. The highest BCUT2D eigenvalue weighted by Gasteiger charge is 2.36. The number of thioether (sulfide) groups is 1. The maximum Gasteiger partial charge on any atom is 0.344 e. The van der Waals surface area contributed by atoms with Gasteiger partial charge in [0.2, 0.25) is 0 Å². The number of halogens is 2. The summed E-state index contributed by atoms with van der Waals surface area (Å²) < 4.78 is 14.8. The quantitative estimate of drug-likeness (QED) is 0.428. The summed E-state index contributed by atoms with van der Waals surface area (Å²) >= 11 is 13.0. The molecule has 0 radical (unpaired) electrons. The van der Waals surface area contributed by atoms with Crippen LogP contribution in [0.25, 0.3) is 6.08 Å². The van der Waals surface area contributed by atoms with Gasteiger partial charge in [-0.15, -0.1) is 0 Å². The van der Waals surface area contributed by atoms with Gasteiger partial charge in [-0.2, -0.15) is 0 Å². The van der Waals surface area contributed by atoms with Crippen LogP contribution in [0.15, 0.2) is 17.0 Å². The molecule has 1 saturated heterocycles. The molecule has 156 valence electrons. The molecule has 0 aliphatic carbocycles. The Labute approximate surface area is 181 Å². The van der Waals surface area contributed by atoms with Gasteiger partial charge in [-0.25, -0.2) is 4.79 Å². The van der Waals surface area contributed by atoms with Crippen molar-refractivity contribution >= 4 is 64.1 Å². The molecule has 11 heteroatoms. The monoisotopic (exact) mass is 461 g/mol. The van der Waals surface area contributed by atoms with Crippen molar-refractivity contribution < 1.29 is 33.4 Å². The van der Waals surface area contributed by atoms with Crippen molar-refractivity contribution in [2.75, 3.05) is 26.4 Å².